The van der Waals surface area contributed by atoms with E-state index < -0.39 is 0 Å². The van der Waals surface area contributed by atoms with Gasteiger partial charge in [0.1, 0.15) is 12.4 Å². The zero-order valence-corrected chi connectivity index (χ0v) is 18.6. The van der Waals surface area contributed by atoms with Gasteiger partial charge in [-0.25, -0.2) is 0 Å². The molecule has 0 fully saturated rings. The van der Waals surface area contributed by atoms with Crippen LogP contribution in [0, 0.1) is 23.2 Å². The minimum atomic E-state index is 0.552. The van der Waals surface area contributed by atoms with E-state index >= 15 is 0 Å². The Morgan fingerprint density at radius 1 is 1.00 bits per heavy atom. The fourth-order valence-electron chi connectivity index (χ4n) is 4.49. The van der Waals surface area contributed by atoms with Gasteiger partial charge in [0.15, 0.2) is 0 Å². The molecular weight excluding hydrogens is 378 g/mol. The summed E-state index contributed by atoms with van der Waals surface area (Å²) >= 11 is 0. The zero-order chi connectivity index (χ0) is 21.6. The van der Waals surface area contributed by atoms with Crippen molar-refractivity contribution in [2.45, 2.75) is 52.6 Å². The first-order chi connectivity index (χ1) is 15.1. The Morgan fingerprint density at radius 3 is 2.58 bits per heavy atom. The number of hydrogen-bond donors (Lipinski definition) is 0. The second-order valence-electron chi connectivity index (χ2n) is 9.15. The Balaban J connectivity index is 1.36. The third-order valence-corrected chi connectivity index (χ3v) is 6.38. The van der Waals surface area contributed by atoms with E-state index in [-0.39, 0.29) is 0 Å². The van der Waals surface area contributed by atoms with E-state index in [1.165, 1.54) is 43.2 Å². The minimum absolute atomic E-state index is 0.552. The molecule has 0 saturated carbocycles. The topological polar surface area (TPSA) is 33.0 Å². The minimum Gasteiger partial charge on any atom is -0.489 e. The van der Waals surface area contributed by atoms with Crippen LogP contribution in [-0.2, 0) is 19.4 Å². The van der Waals surface area contributed by atoms with Gasteiger partial charge in [0.05, 0.1) is 11.6 Å². The second kappa shape index (κ2) is 9.84. The summed E-state index contributed by atoms with van der Waals surface area (Å²) in [6.45, 7) is 5.19. The number of rotatable bonds is 7. The highest BCUT2D eigenvalue weighted by Crippen LogP contribution is 2.32. The molecule has 0 heterocycles. The highest BCUT2D eigenvalue weighted by molar-refractivity contribution is 5.70. The SMILES string of the molecule is CC(C)CCC1CCc2cc(OCc3ccc(-c4ccccc4C#N)cc3)ccc2C1. The van der Waals surface area contributed by atoms with E-state index in [0.29, 0.717) is 12.2 Å². The Hall–Kier alpha value is -3.05. The molecule has 4 rings (SSSR count). The molecule has 1 unspecified atom stereocenters. The predicted octanol–water partition coefficient (Wildman–Crippen LogP) is 7.35. The number of hydrogen-bond acceptors (Lipinski definition) is 2. The Labute approximate surface area is 186 Å². The van der Waals surface area contributed by atoms with Crippen LogP contribution in [-0.4, -0.2) is 0 Å². The summed E-state index contributed by atoms with van der Waals surface area (Å²) in [5.41, 5.74) is 6.83. The molecule has 0 aliphatic heterocycles. The maximum Gasteiger partial charge on any atom is 0.120 e. The van der Waals surface area contributed by atoms with Gasteiger partial charge in [-0.1, -0.05) is 68.8 Å². The lowest BCUT2D eigenvalue weighted by Crippen LogP contribution is -2.15. The molecule has 158 valence electrons. The second-order valence-corrected chi connectivity index (χ2v) is 9.15. The highest BCUT2D eigenvalue weighted by atomic mass is 16.5. The van der Waals surface area contributed by atoms with Gasteiger partial charge in [-0.05, 0) is 83.5 Å². The highest BCUT2D eigenvalue weighted by Gasteiger charge is 2.19. The van der Waals surface area contributed by atoms with Gasteiger partial charge in [0.25, 0.3) is 0 Å². The number of aryl methyl sites for hydroxylation is 1. The van der Waals surface area contributed by atoms with Crippen LogP contribution < -0.4 is 4.74 Å². The fourth-order valence-corrected chi connectivity index (χ4v) is 4.49. The maximum atomic E-state index is 9.32. The molecule has 2 heteroatoms. The van der Waals surface area contributed by atoms with Gasteiger partial charge in [0.2, 0.25) is 0 Å². The monoisotopic (exact) mass is 409 g/mol. The van der Waals surface area contributed by atoms with E-state index in [0.717, 1.165) is 34.3 Å². The quantitative estimate of drug-likeness (QED) is 0.409. The molecule has 1 aliphatic rings. The van der Waals surface area contributed by atoms with Crippen molar-refractivity contribution in [3.8, 4) is 22.9 Å². The number of nitrogens with zero attached hydrogens (tertiary/aromatic N) is 1. The number of benzene rings is 3. The summed E-state index contributed by atoms with van der Waals surface area (Å²) < 4.78 is 6.10. The van der Waals surface area contributed by atoms with Crippen molar-refractivity contribution in [1.29, 1.82) is 5.26 Å². The molecule has 3 aromatic carbocycles. The molecule has 0 N–H and O–H groups in total. The Kier molecular flexibility index (Phi) is 6.73. The first-order valence-corrected chi connectivity index (χ1v) is 11.5. The van der Waals surface area contributed by atoms with E-state index in [9.17, 15) is 5.26 Å². The van der Waals surface area contributed by atoms with Crippen molar-refractivity contribution in [3.05, 3.63) is 89.0 Å². The van der Waals surface area contributed by atoms with Gasteiger partial charge in [-0.2, -0.15) is 5.26 Å². The molecular formula is C29H31NO. The van der Waals surface area contributed by atoms with E-state index in [1.54, 1.807) is 0 Å². The summed E-state index contributed by atoms with van der Waals surface area (Å²) in [5, 5.41) is 9.32. The molecule has 0 spiro atoms. The van der Waals surface area contributed by atoms with Crippen LogP contribution in [0.25, 0.3) is 11.1 Å². The first-order valence-electron chi connectivity index (χ1n) is 11.5. The van der Waals surface area contributed by atoms with Gasteiger partial charge in [-0.15, -0.1) is 0 Å². The molecule has 0 saturated heterocycles. The lowest BCUT2D eigenvalue weighted by atomic mass is 9.80. The van der Waals surface area contributed by atoms with Crippen molar-refractivity contribution >= 4 is 0 Å². The average Bonchev–Trinajstić information content (AvgIpc) is 2.81. The standard InChI is InChI=1S/C29H31NO/c1-21(2)7-8-22-9-14-26-18-28(16-15-25(26)17-22)31-20-23-10-12-24(13-11-23)29-6-4-3-5-27(29)19-30/h3-6,10-13,15-16,18,21-22H,7-9,14,17,20H2,1-2H3. The van der Waals surface area contributed by atoms with Crippen LogP contribution >= 0.6 is 0 Å². The molecule has 0 radical (unpaired) electrons. The van der Waals surface area contributed by atoms with Gasteiger partial charge >= 0.3 is 0 Å². The average molecular weight is 410 g/mol. The maximum absolute atomic E-state index is 9.32. The fraction of sp³-hybridized carbons (Fsp3) is 0.345. The summed E-state index contributed by atoms with van der Waals surface area (Å²) in [4.78, 5) is 0. The molecule has 1 aliphatic carbocycles. The largest absolute Gasteiger partial charge is 0.489 e. The van der Waals surface area contributed by atoms with Crippen molar-refractivity contribution in [1.82, 2.24) is 0 Å². The first kappa shape index (κ1) is 21.2. The summed E-state index contributed by atoms with van der Waals surface area (Å²) in [6.07, 6.45) is 6.37. The van der Waals surface area contributed by atoms with Crippen LogP contribution in [0.3, 0.4) is 0 Å². The predicted molar refractivity (Wildman–Crippen MR) is 127 cm³/mol. The van der Waals surface area contributed by atoms with E-state index in [1.807, 2.05) is 24.3 Å². The van der Waals surface area contributed by atoms with E-state index in [2.05, 4.69) is 62.4 Å². The summed E-state index contributed by atoms with van der Waals surface area (Å²) in [7, 11) is 0. The van der Waals surface area contributed by atoms with Gasteiger partial charge in [0, 0.05) is 0 Å². The molecule has 0 amide bonds. The molecule has 3 aromatic rings. The molecule has 0 bridgehead atoms. The normalized spacial score (nSPS) is 15.4. The van der Waals surface area contributed by atoms with Crippen LogP contribution in [0.4, 0.5) is 0 Å². The molecule has 0 aromatic heterocycles. The summed E-state index contributed by atoms with van der Waals surface area (Å²) in [6, 6.07) is 24.9. The lowest BCUT2D eigenvalue weighted by Gasteiger charge is -2.25. The smallest absolute Gasteiger partial charge is 0.120 e. The third-order valence-electron chi connectivity index (χ3n) is 6.38. The van der Waals surface area contributed by atoms with Crippen molar-refractivity contribution in [3.63, 3.8) is 0 Å². The van der Waals surface area contributed by atoms with Crippen LogP contribution in [0.15, 0.2) is 66.7 Å². The third kappa shape index (κ3) is 5.36. The Bertz CT molecular complexity index is 1060. The molecule has 31 heavy (non-hydrogen) atoms. The van der Waals surface area contributed by atoms with Crippen LogP contribution in [0.1, 0.15) is 55.4 Å². The lowest BCUT2D eigenvalue weighted by molar-refractivity contribution is 0.305. The molecule has 2 nitrogen and oxygen atoms in total. The summed E-state index contributed by atoms with van der Waals surface area (Å²) in [5.74, 6) is 2.59. The van der Waals surface area contributed by atoms with Crippen LogP contribution in [0.2, 0.25) is 0 Å². The van der Waals surface area contributed by atoms with Crippen molar-refractivity contribution in [2.75, 3.05) is 0 Å². The molecule has 1 atom stereocenters. The number of fused-ring (bicyclic) bond motifs is 1. The van der Waals surface area contributed by atoms with Crippen molar-refractivity contribution in [2.24, 2.45) is 11.8 Å². The van der Waals surface area contributed by atoms with Crippen molar-refractivity contribution < 1.29 is 4.74 Å². The van der Waals surface area contributed by atoms with Gasteiger partial charge < -0.3 is 4.74 Å². The zero-order valence-electron chi connectivity index (χ0n) is 18.6. The number of nitriles is 1. The number of ether oxygens (including phenoxy) is 1. The Morgan fingerprint density at radius 2 is 1.81 bits per heavy atom. The van der Waals surface area contributed by atoms with Crippen LogP contribution in [0.5, 0.6) is 5.75 Å². The van der Waals surface area contributed by atoms with Gasteiger partial charge in [-0.3, -0.25) is 0 Å². The van der Waals surface area contributed by atoms with E-state index in [4.69, 9.17) is 4.74 Å².